The molecule has 174 valence electrons. The van der Waals surface area contributed by atoms with Crippen molar-refractivity contribution in [2.75, 3.05) is 4.72 Å². The fraction of sp³-hybridized carbons (Fsp3) is 0.348. The predicted octanol–water partition coefficient (Wildman–Crippen LogP) is 1.93. The Kier molecular flexibility index (Phi) is 6.37. The van der Waals surface area contributed by atoms with Crippen molar-refractivity contribution < 1.29 is 13.2 Å². The van der Waals surface area contributed by atoms with Gasteiger partial charge in [-0.2, -0.15) is 0 Å². The van der Waals surface area contributed by atoms with Gasteiger partial charge in [0, 0.05) is 11.7 Å². The van der Waals surface area contributed by atoms with Crippen LogP contribution in [0, 0.1) is 13.8 Å². The van der Waals surface area contributed by atoms with Gasteiger partial charge in [0.25, 0.3) is 5.56 Å². The number of rotatable bonds is 9. The maximum absolute atomic E-state index is 13.2. The van der Waals surface area contributed by atoms with Crippen LogP contribution in [0.1, 0.15) is 35.5 Å². The number of amides is 1. The standard InChI is InChI=1S/C23H27N5O4S/c1-16-8-11-20(26-33(31,32)14-18-6-4-3-5-7-18)23(30)28(16)12-21-17(2)24-15-27(21)13-22(29)25-19-9-10-19/h3-8,11,15,19,26H,9-10,12-14H2,1-2H3,(H,25,29). The van der Waals surface area contributed by atoms with Crippen LogP contribution in [0.25, 0.3) is 0 Å². The average molecular weight is 470 g/mol. The number of aromatic nitrogens is 3. The summed E-state index contributed by atoms with van der Waals surface area (Å²) in [7, 11) is -3.77. The number of sulfonamides is 1. The minimum atomic E-state index is -3.77. The molecule has 2 heterocycles. The van der Waals surface area contributed by atoms with Crippen LogP contribution in [0.3, 0.4) is 0 Å². The van der Waals surface area contributed by atoms with Gasteiger partial charge in [0.2, 0.25) is 15.9 Å². The number of hydrogen-bond acceptors (Lipinski definition) is 5. The van der Waals surface area contributed by atoms with Crippen LogP contribution < -0.4 is 15.6 Å². The highest BCUT2D eigenvalue weighted by Crippen LogP contribution is 2.19. The van der Waals surface area contributed by atoms with E-state index in [-0.39, 0.29) is 36.5 Å². The number of nitrogens with zero attached hydrogens (tertiary/aromatic N) is 3. The lowest BCUT2D eigenvalue weighted by atomic mass is 10.2. The highest BCUT2D eigenvalue weighted by Gasteiger charge is 2.24. The molecule has 2 aromatic heterocycles. The lowest BCUT2D eigenvalue weighted by Crippen LogP contribution is -2.31. The SMILES string of the molecule is Cc1ncn(CC(=O)NC2CC2)c1Cn1c(C)ccc(NS(=O)(=O)Cc2ccccc2)c1=O. The van der Waals surface area contributed by atoms with Gasteiger partial charge in [0.1, 0.15) is 12.2 Å². The van der Waals surface area contributed by atoms with Crippen molar-refractivity contribution in [2.24, 2.45) is 0 Å². The van der Waals surface area contributed by atoms with E-state index < -0.39 is 15.6 Å². The Morgan fingerprint density at radius 2 is 1.85 bits per heavy atom. The van der Waals surface area contributed by atoms with Crippen LogP contribution in [-0.2, 0) is 33.7 Å². The van der Waals surface area contributed by atoms with Crippen molar-refractivity contribution in [1.29, 1.82) is 0 Å². The topological polar surface area (TPSA) is 115 Å². The zero-order chi connectivity index (χ0) is 23.6. The first-order valence-corrected chi connectivity index (χ1v) is 12.4. The highest BCUT2D eigenvalue weighted by molar-refractivity contribution is 7.91. The Bertz CT molecular complexity index is 1320. The average Bonchev–Trinajstić information content (AvgIpc) is 3.51. The van der Waals surface area contributed by atoms with E-state index in [4.69, 9.17) is 0 Å². The number of imidazole rings is 1. The van der Waals surface area contributed by atoms with Crippen molar-refractivity contribution in [1.82, 2.24) is 19.4 Å². The summed E-state index contributed by atoms with van der Waals surface area (Å²) < 4.78 is 30.9. The molecule has 1 fully saturated rings. The third-order valence-corrected chi connectivity index (χ3v) is 6.82. The van der Waals surface area contributed by atoms with Gasteiger partial charge in [-0.1, -0.05) is 30.3 Å². The van der Waals surface area contributed by atoms with Gasteiger partial charge < -0.3 is 14.5 Å². The van der Waals surface area contributed by atoms with Crippen molar-refractivity contribution in [3.8, 4) is 0 Å². The summed E-state index contributed by atoms with van der Waals surface area (Å²) in [4.78, 5) is 29.7. The lowest BCUT2D eigenvalue weighted by Gasteiger charge is -2.15. The van der Waals surface area contributed by atoms with Gasteiger partial charge in [0.05, 0.1) is 30.0 Å². The number of aryl methyl sites for hydroxylation is 2. The Morgan fingerprint density at radius 3 is 2.55 bits per heavy atom. The molecule has 10 heteroatoms. The molecular formula is C23H27N5O4S. The first kappa shape index (κ1) is 22.8. The molecular weight excluding hydrogens is 442 g/mol. The van der Waals surface area contributed by atoms with Crippen LogP contribution >= 0.6 is 0 Å². The quantitative estimate of drug-likeness (QED) is 0.497. The van der Waals surface area contributed by atoms with Crippen molar-refractivity contribution in [3.63, 3.8) is 0 Å². The molecule has 1 aromatic carbocycles. The van der Waals surface area contributed by atoms with Crippen molar-refractivity contribution in [2.45, 2.75) is 51.6 Å². The molecule has 1 aliphatic rings. The third-order valence-electron chi connectivity index (χ3n) is 5.58. The summed E-state index contributed by atoms with van der Waals surface area (Å²) in [6, 6.07) is 12.2. The van der Waals surface area contributed by atoms with Gasteiger partial charge in [-0.25, -0.2) is 13.4 Å². The van der Waals surface area contributed by atoms with Gasteiger partial charge >= 0.3 is 0 Å². The molecule has 9 nitrogen and oxygen atoms in total. The summed E-state index contributed by atoms with van der Waals surface area (Å²) in [5.41, 5.74) is 2.24. The molecule has 3 aromatic rings. The summed E-state index contributed by atoms with van der Waals surface area (Å²) in [6.07, 6.45) is 3.59. The summed E-state index contributed by atoms with van der Waals surface area (Å²) in [6.45, 7) is 3.88. The molecule has 33 heavy (non-hydrogen) atoms. The summed E-state index contributed by atoms with van der Waals surface area (Å²) >= 11 is 0. The first-order valence-electron chi connectivity index (χ1n) is 10.8. The van der Waals surface area contributed by atoms with Crippen LogP contribution in [-0.4, -0.2) is 34.5 Å². The summed E-state index contributed by atoms with van der Waals surface area (Å²) in [5.74, 6) is -0.328. The largest absolute Gasteiger partial charge is 0.352 e. The minimum Gasteiger partial charge on any atom is -0.352 e. The minimum absolute atomic E-state index is 0.0216. The molecule has 0 unspecified atom stereocenters. The Labute approximate surface area is 192 Å². The van der Waals surface area contributed by atoms with E-state index in [1.165, 1.54) is 10.6 Å². The van der Waals surface area contributed by atoms with E-state index in [0.717, 1.165) is 18.5 Å². The number of hydrogen-bond donors (Lipinski definition) is 2. The number of carbonyl (C=O) groups is 1. The van der Waals surface area contributed by atoms with Crippen LogP contribution in [0.5, 0.6) is 0 Å². The fourth-order valence-electron chi connectivity index (χ4n) is 3.60. The zero-order valence-electron chi connectivity index (χ0n) is 18.6. The number of carbonyl (C=O) groups excluding carboxylic acids is 1. The third kappa shape index (κ3) is 5.70. The zero-order valence-corrected chi connectivity index (χ0v) is 19.4. The van der Waals surface area contributed by atoms with Crippen LogP contribution in [0.4, 0.5) is 5.69 Å². The normalized spacial score (nSPS) is 13.6. The van der Waals surface area contributed by atoms with E-state index in [1.54, 1.807) is 48.1 Å². The van der Waals surface area contributed by atoms with E-state index in [9.17, 15) is 18.0 Å². The van der Waals surface area contributed by atoms with E-state index in [0.29, 0.717) is 17.0 Å². The molecule has 4 rings (SSSR count). The predicted molar refractivity (Wildman–Crippen MR) is 125 cm³/mol. The molecule has 0 bridgehead atoms. The Balaban J connectivity index is 1.56. The smallest absolute Gasteiger partial charge is 0.275 e. The molecule has 0 radical (unpaired) electrons. The number of benzene rings is 1. The lowest BCUT2D eigenvalue weighted by molar-refractivity contribution is -0.121. The van der Waals surface area contributed by atoms with Gasteiger partial charge in [-0.3, -0.25) is 14.3 Å². The Hall–Kier alpha value is -3.40. The van der Waals surface area contributed by atoms with Crippen LogP contribution in [0.15, 0.2) is 53.6 Å². The maximum atomic E-state index is 13.2. The highest BCUT2D eigenvalue weighted by atomic mass is 32.2. The van der Waals surface area contributed by atoms with E-state index in [2.05, 4.69) is 15.0 Å². The monoisotopic (exact) mass is 469 g/mol. The van der Waals surface area contributed by atoms with Gasteiger partial charge in [-0.05, 0) is 44.4 Å². The molecule has 0 saturated heterocycles. The van der Waals surface area contributed by atoms with Crippen molar-refractivity contribution in [3.05, 3.63) is 81.8 Å². The molecule has 0 aliphatic heterocycles. The molecule has 1 saturated carbocycles. The number of anilines is 1. The molecule has 1 amide bonds. The molecule has 1 aliphatic carbocycles. The number of nitrogens with one attached hydrogen (secondary N) is 2. The molecule has 0 spiro atoms. The Morgan fingerprint density at radius 1 is 1.12 bits per heavy atom. The number of pyridine rings is 1. The van der Waals surface area contributed by atoms with Gasteiger partial charge in [0.15, 0.2) is 0 Å². The van der Waals surface area contributed by atoms with E-state index >= 15 is 0 Å². The van der Waals surface area contributed by atoms with Crippen molar-refractivity contribution >= 4 is 21.6 Å². The van der Waals surface area contributed by atoms with Crippen LogP contribution in [0.2, 0.25) is 0 Å². The fourth-order valence-corrected chi connectivity index (χ4v) is 4.79. The first-order chi connectivity index (χ1) is 15.7. The second-order valence-electron chi connectivity index (χ2n) is 8.37. The second-order valence-corrected chi connectivity index (χ2v) is 10.1. The molecule has 0 atom stereocenters. The van der Waals surface area contributed by atoms with Gasteiger partial charge in [-0.15, -0.1) is 0 Å². The molecule has 2 N–H and O–H groups in total. The summed E-state index contributed by atoms with van der Waals surface area (Å²) in [5, 5.41) is 2.95. The van der Waals surface area contributed by atoms with E-state index in [1.807, 2.05) is 13.0 Å². The second kappa shape index (κ2) is 9.22. The maximum Gasteiger partial charge on any atom is 0.275 e.